The number of sulfonamides is 1. The molecule has 0 aromatic heterocycles. The molecule has 1 fully saturated rings. The third-order valence-corrected chi connectivity index (χ3v) is 3.66. The second kappa shape index (κ2) is 4.25. The SMILES string of the molecule is Cc1ccc(S(=O)(=O)N=C2CCCO2)cc1. The summed E-state index contributed by atoms with van der Waals surface area (Å²) in [6, 6.07) is 6.62. The van der Waals surface area contributed by atoms with Crippen molar-refractivity contribution in [2.75, 3.05) is 6.61 Å². The molecule has 1 aromatic rings. The predicted molar refractivity (Wildman–Crippen MR) is 61.0 cm³/mol. The molecule has 0 atom stereocenters. The van der Waals surface area contributed by atoms with Crippen LogP contribution in [0.25, 0.3) is 0 Å². The zero-order valence-electron chi connectivity index (χ0n) is 9.01. The summed E-state index contributed by atoms with van der Waals surface area (Å²) >= 11 is 0. The van der Waals surface area contributed by atoms with E-state index in [4.69, 9.17) is 4.74 Å². The Morgan fingerprint density at radius 3 is 2.50 bits per heavy atom. The van der Waals surface area contributed by atoms with Gasteiger partial charge in [0.15, 0.2) is 5.90 Å². The van der Waals surface area contributed by atoms with E-state index in [2.05, 4.69) is 4.40 Å². The van der Waals surface area contributed by atoms with Crippen LogP contribution < -0.4 is 0 Å². The second-order valence-corrected chi connectivity index (χ2v) is 5.33. The van der Waals surface area contributed by atoms with Crippen LogP contribution in [-0.4, -0.2) is 20.9 Å². The molecule has 1 aliphatic rings. The van der Waals surface area contributed by atoms with Crippen molar-refractivity contribution in [1.29, 1.82) is 0 Å². The average Bonchev–Trinajstić information content (AvgIpc) is 2.70. The van der Waals surface area contributed by atoms with E-state index in [0.717, 1.165) is 12.0 Å². The van der Waals surface area contributed by atoms with Crippen LogP contribution >= 0.6 is 0 Å². The summed E-state index contributed by atoms with van der Waals surface area (Å²) in [6.07, 6.45) is 1.44. The molecule has 0 aliphatic carbocycles. The summed E-state index contributed by atoms with van der Waals surface area (Å²) < 4.78 is 32.4. The molecule has 0 amide bonds. The minimum Gasteiger partial charge on any atom is -0.480 e. The van der Waals surface area contributed by atoms with Crippen molar-refractivity contribution in [3.63, 3.8) is 0 Å². The van der Waals surface area contributed by atoms with Gasteiger partial charge in [-0.3, -0.25) is 0 Å². The molecular weight excluding hydrogens is 226 g/mol. The lowest BCUT2D eigenvalue weighted by Gasteiger charge is -2.01. The highest BCUT2D eigenvalue weighted by Gasteiger charge is 2.17. The van der Waals surface area contributed by atoms with Gasteiger partial charge in [-0.1, -0.05) is 17.7 Å². The van der Waals surface area contributed by atoms with Crippen LogP contribution in [-0.2, 0) is 14.8 Å². The fourth-order valence-electron chi connectivity index (χ4n) is 1.45. The molecule has 0 bridgehead atoms. The first-order valence-electron chi connectivity index (χ1n) is 5.11. The van der Waals surface area contributed by atoms with Gasteiger partial charge >= 0.3 is 0 Å². The second-order valence-electron chi connectivity index (χ2n) is 3.73. The Morgan fingerprint density at radius 1 is 1.25 bits per heavy atom. The van der Waals surface area contributed by atoms with E-state index in [1.54, 1.807) is 24.3 Å². The van der Waals surface area contributed by atoms with Gasteiger partial charge in [0.2, 0.25) is 0 Å². The summed E-state index contributed by atoms with van der Waals surface area (Å²) in [7, 11) is -3.60. The Bertz CT molecular complexity index is 495. The molecule has 5 heteroatoms. The Labute approximate surface area is 95.0 Å². The predicted octanol–water partition coefficient (Wildman–Crippen LogP) is 1.89. The number of benzene rings is 1. The van der Waals surface area contributed by atoms with Gasteiger partial charge in [-0.2, -0.15) is 8.42 Å². The quantitative estimate of drug-likeness (QED) is 0.792. The number of ether oxygens (including phenoxy) is 1. The van der Waals surface area contributed by atoms with Crippen LogP contribution in [0.4, 0.5) is 0 Å². The molecule has 0 radical (unpaired) electrons. The lowest BCUT2D eigenvalue weighted by molar-refractivity contribution is 0.344. The van der Waals surface area contributed by atoms with Crippen LogP contribution in [0.2, 0.25) is 0 Å². The first-order chi connectivity index (χ1) is 7.58. The molecule has 0 saturated carbocycles. The molecule has 1 aliphatic heterocycles. The Kier molecular flexibility index (Phi) is 2.96. The van der Waals surface area contributed by atoms with Gasteiger partial charge in [-0.15, -0.1) is 4.40 Å². The minimum absolute atomic E-state index is 0.209. The van der Waals surface area contributed by atoms with E-state index in [-0.39, 0.29) is 4.90 Å². The molecule has 4 nitrogen and oxygen atoms in total. The molecule has 16 heavy (non-hydrogen) atoms. The van der Waals surface area contributed by atoms with E-state index < -0.39 is 10.0 Å². The van der Waals surface area contributed by atoms with Crippen LogP contribution in [0.15, 0.2) is 33.6 Å². The van der Waals surface area contributed by atoms with Crippen molar-refractivity contribution < 1.29 is 13.2 Å². The zero-order chi connectivity index (χ0) is 11.6. The van der Waals surface area contributed by atoms with E-state index in [1.165, 1.54) is 0 Å². The summed E-state index contributed by atoms with van der Waals surface area (Å²) in [4.78, 5) is 0.209. The fraction of sp³-hybridized carbons (Fsp3) is 0.364. The summed E-state index contributed by atoms with van der Waals surface area (Å²) in [5.41, 5.74) is 1.02. The van der Waals surface area contributed by atoms with Crippen LogP contribution in [0.3, 0.4) is 0 Å². The Hall–Kier alpha value is -1.36. The normalized spacial score (nSPS) is 18.7. The topological polar surface area (TPSA) is 55.7 Å². The molecule has 0 unspecified atom stereocenters. The monoisotopic (exact) mass is 239 g/mol. The smallest absolute Gasteiger partial charge is 0.285 e. The standard InChI is InChI=1S/C11H13NO3S/c1-9-4-6-10(7-5-9)16(13,14)12-11-3-2-8-15-11/h4-7H,2-3,8H2,1H3. The maximum Gasteiger partial charge on any atom is 0.285 e. The highest BCUT2D eigenvalue weighted by atomic mass is 32.2. The minimum atomic E-state index is -3.60. The summed E-state index contributed by atoms with van der Waals surface area (Å²) in [5.74, 6) is 0.320. The van der Waals surface area contributed by atoms with Gasteiger partial charge < -0.3 is 4.74 Å². The highest BCUT2D eigenvalue weighted by Crippen LogP contribution is 2.16. The van der Waals surface area contributed by atoms with Gasteiger partial charge in [0.1, 0.15) is 0 Å². The highest BCUT2D eigenvalue weighted by molar-refractivity contribution is 7.90. The Morgan fingerprint density at radius 2 is 1.94 bits per heavy atom. The third-order valence-electron chi connectivity index (χ3n) is 2.34. The van der Waals surface area contributed by atoms with E-state index in [0.29, 0.717) is 18.9 Å². The van der Waals surface area contributed by atoms with Crippen LogP contribution in [0.5, 0.6) is 0 Å². The van der Waals surface area contributed by atoms with Crippen LogP contribution in [0.1, 0.15) is 18.4 Å². The van der Waals surface area contributed by atoms with E-state index in [9.17, 15) is 8.42 Å². The van der Waals surface area contributed by atoms with Gasteiger partial charge in [0.05, 0.1) is 11.5 Å². The maximum absolute atomic E-state index is 11.8. The number of rotatable bonds is 2. The molecule has 1 aromatic carbocycles. The van der Waals surface area contributed by atoms with Crippen molar-refractivity contribution in [3.8, 4) is 0 Å². The largest absolute Gasteiger partial charge is 0.480 e. The average molecular weight is 239 g/mol. The molecular formula is C11H13NO3S. The van der Waals surface area contributed by atoms with E-state index >= 15 is 0 Å². The molecule has 1 saturated heterocycles. The third kappa shape index (κ3) is 2.41. The number of hydrogen-bond acceptors (Lipinski definition) is 3. The fourth-order valence-corrected chi connectivity index (χ4v) is 2.45. The van der Waals surface area contributed by atoms with E-state index in [1.807, 2.05) is 6.92 Å². The molecule has 2 rings (SSSR count). The van der Waals surface area contributed by atoms with Crippen molar-refractivity contribution >= 4 is 15.9 Å². The molecule has 0 N–H and O–H groups in total. The lowest BCUT2D eigenvalue weighted by atomic mass is 10.2. The molecule has 1 heterocycles. The number of hydrogen-bond donors (Lipinski definition) is 0. The summed E-state index contributed by atoms with van der Waals surface area (Å²) in [6.45, 7) is 2.46. The van der Waals surface area contributed by atoms with Gasteiger partial charge in [-0.25, -0.2) is 0 Å². The number of aryl methyl sites for hydroxylation is 1. The number of nitrogens with zero attached hydrogens (tertiary/aromatic N) is 1. The van der Waals surface area contributed by atoms with Crippen molar-refractivity contribution in [1.82, 2.24) is 0 Å². The first-order valence-corrected chi connectivity index (χ1v) is 6.55. The Balaban J connectivity index is 2.31. The summed E-state index contributed by atoms with van der Waals surface area (Å²) in [5, 5.41) is 0. The van der Waals surface area contributed by atoms with Gasteiger partial charge in [0.25, 0.3) is 10.0 Å². The first kappa shape index (κ1) is 11.1. The van der Waals surface area contributed by atoms with Crippen LogP contribution in [0, 0.1) is 6.92 Å². The van der Waals surface area contributed by atoms with Crippen molar-refractivity contribution in [3.05, 3.63) is 29.8 Å². The van der Waals surface area contributed by atoms with Gasteiger partial charge in [-0.05, 0) is 25.5 Å². The van der Waals surface area contributed by atoms with Gasteiger partial charge in [0, 0.05) is 6.42 Å². The van der Waals surface area contributed by atoms with Crippen molar-refractivity contribution in [2.45, 2.75) is 24.7 Å². The maximum atomic E-state index is 11.8. The van der Waals surface area contributed by atoms with Crippen molar-refractivity contribution in [2.24, 2.45) is 4.40 Å². The zero-order valence-corrected chi connectivity index (χ0v) is 9.83. The molecule has 86 valence electrons. The lowest BCUT2D eigenvalue weighted by Crippen LogP contribution is -2.03. The molecule has 0 spiro atoms.